The zero-order valence-electron chi connectivity index (χ0n) is 7.03. The van der Waals surface area contributed by atoms with Gasteiger partial charge in [0.1, 0.15) is 0 Å². The Kier molecular flexibility index (Phi) is 3.87. The van der Waals surface area contributed by atoms with Crippen molar-refractivity contribution in [3.05, 3.63) is 0 Å². The lowest BCUT2D eigenvalue weighted by Gasteiger charge is -2.16. The summed E-state index contributed by atoms with van der Waals surface area (Å²) in [5.41, 5.74) is 0.426. The number of hydrogen-bond acceptors (Lipinski definition) is 1. The van der Waals surface area contributed by atoms with Gasteiger partial charge in [-0.05, 0) is 18.8 Å². The van der Waals surface area contributed by atoms with Crippen LogP contribution in [0.2, 0.25) is 0 Å². The van der Waals surface area contributed by atoms with Gasteiger partial charge in [-0.3, -0.25) is 0 Å². The van der Waals surface area contributed by atoms with Crippen molar-refractivity contribution in [2.45, 2.75) is 34.1 Å². The van der Waals surface area contributed by atoms with E-state index in [0.717, 1.165) is 19.6 Å². The van der Waals surface area contributed by atoms with E-state index in [1.165, 1.54) is 0 Å². The highest BCUT2D eigenvalue weighted by Gasteiger charge is 2.08. The number of rotatable bonds is 3. The molecule has 0 aromatic rings. The lowest BCUT2D eigenvalue weighted by atomic mass is 9.93. The Balaban J connectivity index is 3.07. The highest BCUT2D eigenvalue weighted by atomic mass is 16.5. The van der Waals surface area contributed by atoms with Crippen LogP contribution in [0.3, 0.4) is 0 Å². The van der Waals surface area contributed by atoms with Crippen LogP contribution in [0.15, 0.2) is 0 Å². The SMILES string of the molecule is CCOCCC(C)(C)C. The second-order valence-corrected chi connectivity index (χ2v) is 3.51. The van der Waals surface area contributed by atoms with Gasteiger partial charge in [-0.15, -0.1) is 0 Å². The van der Waals surface area contributed by atoms with Gasteiger partial charge in [0, 0.05) is 13.2 Å². The second kappa shape index (κ2) is 3.89. The van der Waals surface area contributed by atoms with Crippen LogP contribution in [-0.2, 0) is 4.74 Å². The van der Waals surface area contributed by atoms with Gasteiger partial charge >= 0.3 is 0 Å². The Bertz CT molecular complexity index is 61.5. The topological polar surface area (TPSA) is 9.23 Å². The first-order valence-electron chi connectivity index (χ1n) is 3.64. The predicted molar refractivity (Wildman–Crippen MR) is 40.6 cm³/mol. The van der Waals surface area contributed by atoms with Crippen molar-refractivity contribution in [3.8, 4) is 0 Å². The summed E-state index contributed by atoms with van der Waals surface area (Å²) < 4.78 is 5.21. The molecule has 0 unspecified atom stereocenters. The molecule has 0 spiro atoms. The van der Waals surface area contributed by atoms with Crippen molar-refractivity contribution in [2.24, 2.45) is 5.41 Å². The minimum atomic E-state index is 0.426. The Hall–Kier alpha value is -0.0400. The van der Waals surface area contributed by atoms with E-state index in [-0.39, 0.29) is 0 Å². The van der Waals surface area contributed by atoms with E-state index in [2.05, 4.69) is 20.8 Å². The minimum Gasteiger partial charge on any atom is -0.382 e. The molecule has 0 radical (unpaired) electrons. The maximum Gasteiger partial charge on any atom is 0.0470 e. The fraction of sp³-hybridized carbons (Fsp3) is 1.00. The summed E-state index contributed by atoms with van der Waals surface area (Å²) in [6.45, 7) is 10.5. The number of hydrogen-bond donors (Lipinski definition) is 0. The smallest absolute Gasteiger partial charge is 0.0470 e. The largest absolute Gasteiger partial charge is 0.382 e. The fourth-order valence-electron chi connectivity index (χ4n) is 0.523. The maximum absolute atomic E-state index is 5.21. The monoisotopic (exact) mass is 130 g/mol. The summed E-state index contributed by atoms with van der Waals surface area (Å²) in [6, 6.07) is 0. The fourth-order valence-corrected chi connectivity index (χ4v) is 0.523. The lowest BCUT2D eigenvalue weighted by molar-refractivity contribution is 0.119. The summed E-state index contributed by atoms with van der Waals surface area (Å²) in [4.78, 5) is 0. The second-order valence-electron chi connectivity index (χ2n) is 3.51. The van der Waals surface area contributed by atoms with Gasteiger partial charge in [0.15, 0.2) is 0 Å². The lowest BCUT2D eigenvalue weighted by Crippen LogP contribution is -2.09. The average Bonchev–Trinajstić information content (AvgIpc) is 1.63. The molecule has 0 aromatic carbocycles. The van der Waals surface area contributed by atoms with Crippen LogP contribution in [0.25, 0.3) is 0 Å². The average molecular weight is 130 g/mol. The van der Waals surface area contributed by atoms with Gasteiger partial charge in [-0.2, -0.15) is 0 Å². The normalized spacial score (nSPS) is 12.0. The quantitative estimate of drug-likeness (QED) is 0.533. The first-order chi connectivity index (χ1) is 4.06. The molecule has 1 heteroatoms. The molecule has 0 saturated heterocycles. The third kappa shape index (κ3) is 7.96. The van der Waals surface area contributed by atoms with E-state index in [0.29, 0.717) is 5.41 Å². The molecule has 0 N–H and O–H groups in total. The van der Waals surface area contributed by atoms with Gasteiger partial charge in [-0.1, -0.05) is 20.8 Å². The molecule has 0 aliphatic rings. The highest BCUT2D eigenvalue weighted by molar-refractivity contribution is 4.59. The third-order valence-corrected chi connectivity index (χ3v) is 1.20. The molecule has 0 saturated carbocycles. The van der Waals surface area contributed by atoms with Gasteiger partial charge in [0.05, 0.1) is 0 Å². The summed E-state index contributed by atoms with van der Waals surface area (Å²) >= 11 is 0. The molecule has 0 aromatic heterocycles. The van der Waals surface area contributed by atoms with E-state index < -0.39 is 0 Å². The van der Waals surface area contributed by atoms with E-state index >= 15 is 0 Å². The van der Waals surface area contributed by atoms with Crippen LogP contribution in [0.1, 0.15) is 34.1 Å². The molecule has 0 atom stereocenters. The molecular formula is C8H18O. The molecule has 0 amide bonds. The Morgan fingerprint density at radius 3 is 2.11 bits per heavy atom. The van der Waals surface area contributed by atoms with Crippen molar-refractivity contribution >= 4 is 0 Å². The zero-order chi connectivity index (χ0) is 7.33. The van der Waals surface area contributed by atoms with Crippen LogP contribution in [-0.4, -0.2) is 13.2 Å². The van der Waals surface area contributed by atoms with E-state index in [1.807, 2.05) is 6.92 Å². The van der Waals surface area contributed by atoms with Crippen molar-refractivity contribution in [1.29, 1.82) is 0 Å². The Labute approximate surface area is 58.4 Å². The summed E-state index contributed by atoms with van der Waals surface area (Å²) in [5.74, 6) is 0. The first-order valence-corrected chi connectivity index (χ1v) is 3.64. The van der Waals surface area contributed by atoms with Crippen molar-refractivity contribution < 1.29 is 4.74 Å². The molecule has 0 bridgehead atoms. The number of ether oxygens (including phenoxy) is 1. The van der Waals surface area contributed by atoms with Gasteiger partial charge < -0.3 is 4.74 Å². The maximum atomic E-state index is 5.21. The van der Waals surface area contributed by atoms with Crippen LogP contribution in [0.5, 0.6) is 0 Å². The Morgan fingerprint density at radius 2 is 1.78 bits per heavy atom. The molecule has 0 aliphatic carbocycles. The molecule has 56 valence electrons. The van der Waals surface area contributed by atoms with Crippen LogP contribution in [0, 0.1) is 5.41 Å². The molecule has 0 rings (SSSR count). The van der Waals surface area contributed by atoms with Crippen LogP contribution >= 0.6 is 0 Å². The predicted octanol–water partition coefficient (Wildman–Crippen LogP) is 2.46. The molecule has 0 fully saturated rings. The first kappa shape index (κ1) is 8.96. The van der Waals surface area contributed by atoms with Crippen molar-refractivity contribution in [1.82, 2.24) is 0 Å². The zero-order valence-corrected chi connectivity index (χ0v) is 7.03. The third-order valence-electron chi connectivity index (χ3n) is 1.20. The van der Waals surface area contributed by atoms with E-state index in [4.69, 9.17) is 4.74 Å². The van der Waals surface area contributed by atoms with Crippen LogP contribution < -0.4 is 0 Å². The Morgan fingerprint density at radius 1 is 1.22 bits per heavy atom. The summed E-state index contributed by atoms with van der Waals surface area (Å²) in [5, 5.41) is 0. The molecule has 9 heavy (non-hydrogen) atoms. The molecule has 1 nitrogen and oxygen atoms in total. The highest BCUT2D eigenvalue weighted by Crippen LogP contribution is 2.17. The molecule has 0 aliphatic heterocycles. The van der Waals surface area contributed by atoms with Crippen molar-refractivity contribution in [2.75, 3.05) is 13.2 Å². The molecular weight excluding hydrogens is 112 g/mol. The van der Waals surface area contributed by atoms with Gasteiger partial charge in [-0.25, -0.2) is 0 Å². The standard InChI is InChI=1S/C8H18O/c1-5-9-7-6-8(2,3)4/h5-7H2,1-4H3. The van der Waals surface area contributed by atoms with E-state index in [1.54, 1.807) is 0 Å². The molecule has 0 heterocycles. The van der Waals surface area contributed by atoms with Gasteiger partial charge in [0.25, 0.3) is 0 Å². The van der Waals surface area contributed by atoms with Crippen LogP contribution in [0.4, 0.5) is 0 Å². The van der Waals surface area contributed by atoms with Crippen molar-refractivity contribution in [3.63, 3.8) is 0 Å². The summed E-state index contributed by atoms with van der Waals surface area (Å²) in [7, 11) is 0. The van der Waals surface area contributed by atoms with E-state index in [9.17, 15) is 0 Å². The van der Waals surface area contributed by atoms with Gasteiger partial charge in [0.2, 0.25) is 0 Å². The summed E-state index contributed by atoms with van der Waals surface area (Å²) in [6.07, 6.45) is 1.15. The minimum absolute atomic E-state index is 0.426.